The number of amides is 1. The molecule has 4 heterocycles. The van der Waals surface area contributed by atoms with Crippen LogP contribution in [0, 0.1) is 11.3 Å². The van der Waals surface area contributed by atoms with Crippen molar-refractivity contribution in [2.24, 2.45) is 5.73 Å². The molecule has 0 saturated carbocycles. The van der Waals surface area contributed by atoms with Crippen molar-refractivity contribution in [3.8, 4) is 29.0 Å². The number of rotatable bonds is 7. The second kappa shape index (κ2) is 10.7. The molecule has 0 bridgehead atoms. The number of ether oxygens (including phenoxy) is 2. The summed E-state index contributed by atoms with van der Waals surface area (Å²) in [5.41, 5.74) is 10.8. The summed E-state index contributed by atoms with van der Waals surface area (Å²) in [6, 6.07) is 16.1. The molecule has 2 aliphatic rings. The van der Waals surface area contributed by atoms with E-state index < -0.39 is 0 Å². The molecule has 3 aromatic rings. The van der Waals surface area contributed by atoms with Gasteiger partial charge in [0.25, 0.3) is 0 Å². The molecular formula is C29H32N6O3. The van der Waals surface area contributed by atoms with Gasteiger partial charge in [0.15, 0.2) is 5.69 Å². The zero-order valence-electron chi connectivity index (χ0n) is 21.8. The van der Waals surface area contributed by atoms with Crippen LogP contribution in [0.25, 0.3) is 11.1 Å². The van der Waals surface area contributed by atoms with Crippen molar-refractivity contribution in [3.63, 3.8) is 0 Å². The molecular weight excluding hydrogens is 480 g/mol. The van der Waals surface area contributed by atoms with E-state index in [1.54, 1.807) is 19.4 Å². The SMILES string of the molecule is CCOc1ncccc1-c1ccc2c(c1)N(C(=O)CCN)CC21CCN(c2ccc(OC)nc2C#N)CC1. The van der Waals surface area contributed by atoms with Crippen LogP contribution in [0.5, 0.6) is 11.8 Å². The van der Waals surface area contributed by atoms with E-state index in [-0.39, 0.29) is 11.3 Å². The van der Waals surface area contributed by atoms with Gasteiger partial charge in [-0.05, 0) is 55.2 Å². The minimum Gasteiger partial charge on any atom is -0.481 e. The number of anilines is 2. The molecule has 5 rings (SSSR count). The standard InChI is InChI=1S/C29H32N6O3/c1-3-38-28-21(5-4-14-32-28)20-6-7-22-25(17-20)35(27(36)10-13-30)19-29(22)11-15-34(16-12-29)24-8-9-26(37-2)33-23(24)18-31/h4-9,14,17H,3,10-13,15-16,19,30H2,1-2H3. The summed E-state index contributed by atoms with van der Waals surface area (Å²) in [5.74, 6) is 1.04. The average molecular weight is 513 g/mol. The molecule has 2 aromatic heterocycles. The third-order valence-electron chi connectivity index (χ3n) is 7.57. The normalized spacial score (nSPS) is 15.7. The largest absolute Gasteiger partial charge is 0.481 e. The van der Waals surface area contributed by atoms with E-state index in [1.807, 2.05) is 30.0 Å². The molecule has 0 aliphatic carbocycles. The number of fused-ring (bicyclic) bond motifs is 2. The van der Waals surface area contributed by atoms with Crippen molar-refractivity contribution < 1.29 is 14.3 Å². The molecule has 1 spiro atoms. The number of nitrogens with zero attached hydrogens (tertiary/aromatic N) is 5. The predicted molar refractivity (Wildman–Crippen MR) is 145 cm³/mol. The van der Waals surface area contributed by atoms with Crippen molar-refractivity contribution in [1.29, 1.82) is 5.26 Å². The molecule has 9 heteroatoms. The van der Waals surface area contributed by atoms with E-state index in [2.05, 4.69) is 39.1 Å². The Morgan fingerprint density at radius 2 is 2.00 bits per heavy atom. The highest BCUT2D eigenvalue weighted by Gasteiger charge is 2.46. The Morgan fingerprint density at radius 3 is 2.71 bits per heavy atom. The van der Waals surface area contributed by atoms with Crippen LogP contribution in [-0.2, 0) is 10.2 Å². The van der Waals surface area contributed by atoms with Crippen LogP contribution in [0.2, 0.25) is 0 Å². The zero-order valence-corrected chi connectivity index (χ0v) is 21.8. The third kappa shape index (κ3) is 4.52. The van der Waals surface area contributed by atoms with E-state index in [0.717, 1.165) is 48.4 Å². The van der Waals surface area contributed by atoms with E-state index >= 15 is 0 Å². The highest BCUT2D eigenvalue weighted by atomic mass is 16.5. The fourth-order valence-electron chi connectivity index (χ4n) is 5.68. The van der Waals surface area contributed by atoms with E-state index in [4.69, 9.17) is 15.2 Å². The molecule has 38 heavy (non-hydrogen) atoms. The number of hydrogen-bond donors (Lipinski definition) is 1. The molecule has 1 saturated heterocycles. The first kappa shape index (κ1) is 25.5. The maximum Gasteiger partial charge on any atom is 0.228 e. The first-order chi connectivity index (χ1) is 18.5. The van der Waals surface area contributed by atoms with Crippen molar-refractivity contribution in [3.05, 3.63) is 59.9 Å². The highest BCUT2D eigenvalue weighted by molar-refractivity contribution is 5.97. The number of aromatic nitrogens is 2. The van der Waals surface area contributed by atoms with Crippen molar-refractivity contribution in [2.75, 3.05) is 49.7 Å². The van der Waals surface area contributed by atoms with Crippen molar-refractivity contribution in [2.45, 2.75) is 31.6 Å². The van der Waals surface area contributed by atoms with Gasteiger partial charge in [0.1, 0.15) is 6.07 Å². The lowest BCUT2D eigenvalue weighted by molar-refractivity contribution is -0.118. The topological polar surface area (TPSA) is 118 Å². The number of hydrogen-bond acceptors (Lipinski definition) is 8. The van der Waals surface area contributed by atoms with Crippen LogP contribution in [0.4, 0.5) is 11.4 Å². The number of piperidine rings is 1. The molecule has 196 valence electrons. The Labute approximate surface area is 222 Å². The van der Waals surface area contributed by atoms with E-state index in [0.29, 0.717) is 43.6 Å². The molecule has 1 aromatic carbocycles. The molecule has 2 N–H and O–H groups in total. The van der Waals surface area contributed by atoms with Crippen LogP contribution >= 0.6 is 0 Å². The van der Waals surface area contributed by atoms with Gasteiger partial charge in [-0.15, -0.1) is 0 Å². The second-order valence-corrected chi connectivity index (χ2v) is 9.64. The maximum absolute atomic E-state index is 13.2. The van der Waals surface area contributed by atoms with Crippen LogP contribution in [0.3, 0.4) is 0 Å². The van der Waals surface area contributed by atoms with Crippen LogP contribution < -0.4 is 25.0 Å². The van der Waals surface area contributed by atoms with Crippen LogP contribution in [-0.4, -0.2) is 55.8 Å². The summed E-state index contributed by atoms with van der Waals surface area (Å²) < 4.78 is 11.0. The predicted octanol–water partition coefficient (Wildman–Crippen LogP) is 3.66. The Bertz CT molecular complexity index is 1380. The monoisotopic (exact) mass is 512 g/mol. The van der Waals surface area contributed by atoms with Gasteiger partial charge in [-0.25, -0.2) is 9.97 Å². The number of benzene rings is 1. The van der Waals surface area contributed by atoms with Crippen molar-refractivity contribution in [1.82, 2.24) is 9.97 Å². The van der Waals surface area contributed by atoms with E-state index in [9.17, 15) is 10.1 Å². The first-order valence-corrected chi connectivity index (χ1v) is 13.0. The van der Waals surface area contributed by atoms with Gasteiger partial charge >= 0.3 is 0 Å². The summed E-state index contributed by atoms with van der Waals surface area (Å²) in [4.78, 5) is 26.1. The molecule has 1 fully saturated rings. The molecule has 0 unspecified atom stereocenters. The number of methoxy groups -OCH3 is 1. The number of carbonyl (C=O) groups is 1. The van der Waals surface area contributed by atoms with Gasteiger partial charge in [0.2, 0.25) is 17.7 Å². The quantitative estimate of drug-likeness (QED) is 0.510. The van der Waals surface area contributed by atoms with E-state index in [1.165, 1.54) is 5.56 Å². The molecule has 0 radical (unpaired) electrons. The lowest BCUT2D eigenvalue weighted by Gasteiger charge is -2.41. The fraction of sp³-hybridized carbons (Fsp3) is 0.379. The summed E-state index contributed by atoms with van der Waals surface area (Å²) in [6.45, 7) is 4.89. The number of pyridine rings is 2. The molecule has 0 atom stereocenters. The Hall–Kier alpha value is -4.16. The van der Waals surface area contributed by atoms with Gasteiger partial charge < -0.3 is 25.0 Å². The number of carbonyl (C=O) groups excluding carboxylic acids is 1. The fourth-order valence-corrected chi connectivity index (χ4v) is 5.68. The van der Waals surface area contributed by atoms with Gasteiger partial charge in [0.05, 0.1) is 19.4 Å². The Morgan fingerprint density at radius 1 is 1.18 bits per heavy atom. The summed E-state index contributed by atoms with van der Waals surface area (Å²) in [6.07, 6.45) is 3.71. The lowest BCUT2D eigenvalue weighted by atomic mass is 9.74. The van der Waals surface area contributed by atoms with Gasteiger partial charge in [-0.2, -0.15) is 5.26 Å². The minimum absolute atomic E-state index is 0.0348. The van der Waals surface area contributed by atoms with Gasteiger partial charge in [0, 0.05) is 61.5 Å². The molecule has 9 nitrogen and oxygen atoms in total. The highest BCUT2D eigenvalue weighted by Crippen LogP contribution is 2.49. The average Bonchev–Trinajstić information content (AvgIpc) is 3.27. The van der Waals surface area contributed by atoms with Gasteiger partial charge in [-0.1, -0.05) is 12.1 Å². The maximum atomic E-state index is 13.2. The number of nitrogens with two attached hydrogens (primary N) is 1. The smallest absolute Gasteiger partial charge is 0.228 e. The second-order valence-electron chi connectivity index (χ2n) is 9.64. The van der Waals surface area contributed by atoms with Crippen molar-refractivity contribution >= 4 is 17.3 Å². The van der Waals surface area contributed by atoms with Crippen LogP contribution in [0.1, 0.15) is 37.4 Å². The molecule has 1 amide bonds. The Kier molecular flexibility index (Phi) is 7.16. The molecule has 2 aliphatic heterocycles. The Balaban J connectivity index is 1.48. The third-order valence-corrected chi connectivity index (χ3v) is 7.57. The zero-order chi connectivity index (χ0) is 26.7. The summed E-state index contributed by atoms with van der Waals surface area (Å²) in [7, 11) is 1.54. The minimum atomic E-state index is -0.168. The summed E-state index contributed by atoms with van der Waals surface area (Å²) >= 11 is 0. The van der Waals surface area contributed by atoms with Gasteiger partial charge in [-0.3, -0.25) is 4.79 Å². The van der Waals surface area contributed by atoms with Crippen LogP contribution in [0.15, 0.2) is 48.7 Å². The lowest BCUT2D eigenvalue weighted by Crippen LogP contribution is -2.46. The first-order valence-electron chi connectivity index (χ1n) is 13.0. The summed E-state index contributed by atoms with van der Waals surface area (Å²) in [5, 5.41) is 9.66. The number of nitriles is 1.